The molecule has 0 aromatic carbocycles. The Morgan fingerprint density at radius 3 is 2.07 bits per heavy atom. The van der Waals surface area contributed by atoms with Crippen molar-refractivity contribution in [2.45, 2.75) is 81.4 Å². The summed E-state index contributed by atoms with van der Waals surface area (Å²) in [6.45, 7) is 1.21. The van der Waals surface area contributed by atoms with E-state index >= 15 is 0 Å². The van der Waals surface area contributed by atoms with E-state index in [-0.39, 0.29) is 37.9 Å². The second-order valence-electron chi connectivity index (χ2n) is 9.97. The van der Waals surface area contributed by atoms with E-state index in [0.29, 0.717) is 6.42 Å². The zero-order valence-electron chi connectivity index (χ0n) is 26.0. The van der Waals surface area contributed by atoms with E-state index in [2.05, 4.69) is 16.4 Å². The Balaban J connectivity index is 5.59. The summed E-state index contributed by atoms with van der Waals surface area (Å²) in [6.07, 6.45) is 20.3. The van der Waals surface area contributed by atoms with Gasteiger partial charge in [0.1, 0.15) is 12.1 Å². The first-order chi connectivity index (χ1) is 21.9. The number of quaternary nitrogens is 1. The number of amides is 2. The van der Waals surface area contributed by atoms with Crippen molar-refractivity contribution in [2.75, 3.05) is 12.3 Å². The Morgan fingerprint density at radius 2 is 1.46 bits per heavy atom. The number of carbonyl (C=O) groups is 5. The average molecular weight is 664 g/mol. The highest BCUT2D eigenvalue weighted by molar-refractivity contribution is 8.00. The molecular formula is C32H45N3O10S-2. The molecule has 0 aromatic heterocycles. The van der Waals surface area contributed by atoms with Gasteiger partial charge in [-0.15, -0.1) is 11.8 Å². The highest BCUT2D eigenvalue weighted by Gasteiger charge is 2.25. The van der Waals surface area contributed by atoms with Crippen LogP contribution in [0.1, 0.15) is 51.9 Å². The van der Waals surface area contributed by atoms with Crippen molar-refractivity contribution in [3.05, 3.63) is 72.9 Å². The number of thioether (sulfide) groups is 1. The van der Waals surface area contributed by atoms with Gasteiger partial charge in [-0.1, -0.05) is 79.8 Å². The van der Waals surface area contributed by atoms with Crippen molar-refractivity contribution in [1.82, 2.24) is 10.6 Å². The zero-order valence-corrected chi connectivity index (χ0v) is 26.8. The van der Waals surface area contributed by atoms with E-state index in [1.165, 1.54) is 0 Å². The van der Waals surface area contributed by atoms with Gasteiger partial charge in [0.25, 0.3) is 0 Å². The van der Waals surface area contributed by atoms with E-state index in [0.717, 1.165) is 18.2 Å². The number of aliphatic hydroxyl groups is 2. The molecular weight excluding hydrogens is 618 g/mol. The minimum atomic E-state index is -1.54. The summed E-state index contributed by atoms with van der Waals surface area (Å²) in [4.78, 5) is 57.5. The highest BCUT2D eigenvalue weighted by atomic mass is 32.2. The van der Waals surface area contributed by atoms with E-state index in [4.69, 9.17) is 0 Å². The first-order valence-electron chi connectivity index (χ1n) is 14.8. The van der Waals surface area contributed by atoms with Crippen LogP contribution < -0.4 is 31.7 Å². The summed E-state index contributed by atoms with van der Waals surface area (Å²) < 4.78 is 0. The van der Waals surface area contributed by atoms with Gasteiger partial charge in [0.05, 0.1) is 30.7 Å². The third-order valence-corrected chi connectivity index (χ3v) is 7.36. The lowest BCUT2D eigenvalue weighted by molar-refractivity contribution is -0.438. The molecule has 13 nitrogen and oxygen atoms in total. The largest absolute Gasteiger partial charge is 0.550 e. The standard InChI is InChI=1S/C32H47N3O10S/c1-2-3-9-14-23(36)15-10-6-4-5-7-12-17-27(26(37)16-11-8-13-18-29(39)40)46-22-25(31(43)34-21-30(41)42)35-28(38)20-19-24(33)32(44)45/h3-12,15,17,23-27,36-37H,2,13-14,16,18-22,33H2,1H3,(H,34,43)(H,35,38)(H,39,40)(H,41,42)(H,44,45)/p-2/b6-4-,7-5?,9-3-,11-8-,15-10+,17-12?/t23-,24-,25-,26+,27-/m0/s1. The molecule has 0 aliphatic rings. The first-order valence-corrected chi connectivity index (χ1v) is 15.9. The number of hydrogen-bond acceptors (Lipinski definition) is 11. The van der Waals surface area contributed by atoms with Gasteiger partial charge in [-0.05, 0) is 32.1 Å². The molecule has 7 N–H and O–H groups in total. The minimum absolute atomic E-state index is 0.0937. The highest BCUT2D eigenvalue weighted by Crippen LogP contribution is 2.21. The van der Waals surface area contributed by atoms with Crippen LogP contribution >= 0.6 is 11.8 Å². The number of carbonyl (C=O) groups excluding carboxylic acids is 5. The van der Waals surface area contributed by atoms with Crippen molar-refractivity contribution in [2.24, 2.45) is 0 Å². The smallest absolute Gasteiger partial charge is 0.243 e. The van der Waals surface area contributed by atoms with Crippen molar-refractivity contribution in [3.63, 3.8) is 0 Å². The topological polar surface area (TPSA) is 247 Å². The number of nitrogens with one attached hydrogen (secondary N) is 2. The monoisotopic (exact) mass is 663 g/mol. The number of rotatable bonds is 25. The van der Waals surface area contributed by atoms with Crippen LogP contribution in [0.4, 0.5) is 0 Å². The molecule has 0 unspecified atom stereocenters. The van der Waals surface area contributed by atoms with Gasteiger partial charge in [-0.2, -0.15) is 0 Å². The van der Waals surface area contributed by atoms with Gasteiger partial charge in [0.2, 0.25) is 11.8 Å². The molecule has 0 aliphatic carbocycles. The van der Waals surface area contributed by atoms with Crippen LogP contribution in [0.3, 0.4) is 0 Å². The Hall–Kier alpha value is -3.98. The van der Waals surface area contributed by atoms with Crippen molar-refractivity contribution in [3.8, 4) is 0 Å². The molecule has 5 atom stereocenters. The van der Waals surface area contributed by atoms with Crippen molar-refractivity contribution < 1.29 is 55.2 Å². The fourth-order valence-corrected chi connectivity index (χ4v) is 4.63. The van der Waals surface area contributed by atoms with Gasteiger partial charge in [-0.25, -0.2) is 0 Å². The number of carboxylic acid groups (broad SMARTS) is 3. The van der Waals surface area contributed by atoms with Crippen LogP contribution in [0.2, 0.25) is 0 Å². The lowest BCUT2D eigenvalue weighted by atomic mass is 10.1. The Bertz CT molecular complexity index is 1130. The summed E-state index contributed by atoms with van der Waals surface area (Å²) in [5, 5.41) is 57.1. The minimum Gasteiger partial charge on any atom is -0.550 e. The third-order valence-electron chi connectivity index (χ3n) is 5.98. The van der Waals surface area contributed by atoms with Crippen molar-refractivity contribution in [1.29, 1.82) is 0 Å². The first kappa shape index (κ1) is 42.0. The molecule has 0 fully saturated rings. The molecule has 0 spiro atoms. The lowest BCUT2D eigenvalue weighted by Gasteiger charge is -2.23. The maximum absolute atomic E-state index is 12.7. The van der Waals surface area contributed by atoms with E-state index < -0.39 is 65.8 Å². The summed E-state index contributed by atoms with van der Waals surface area (Å²) in [5.74, 6) is -5.75. The number of carboxylic acids is 3. The predicted octanol–water partition coefficient (Wildman–Crippen LogP) is -2.64. The van der Waals surface area contributed by atoms with E-state index in [9.17, 15) is 49.5 Å². The fourth-order valence-electron chi connectivity index (χ4n) is 3.45. The Labute approximate surface area is 273 Å². The van der Waals surface area contributed by atoms with E-state index in [1.54, 1.807) is 60.8 Å². The molecule has 14 heteroatoms. The summed E-state index contributed by atoms with van der Waals surface area (Å²) in [7, 11) is 0. The lowest BCUT2D eigenvalue weighted by Crippen LogP contribution is -2.68. The van der Waals surface area contributed by atoms with Gasteiger partial charge in [0, 0.05) is 29.8 Å². The molecule has 256 valence electrons. The molecule has 0 saturated carbocycles. The molecule has 0 radical (unpaired) electrons. The molecule has 0 rings (SSSR count). The molecule has 0 saturated heterocycles. The van der Waals surface area contributed by atoms with Crippen LogP contribution in [0.5, 0.6) is 0 Å². The summed E-state index contributed by atoms with van der Waals surface area (Å²) >= 11 is 1.10. The molecule has 0 heterocycles. The molecule has 0 aromatic rings. The number of aliphatic hydroxyl groups excluding tert-OH is 2. The van der Waals surface area contributed by atoms with Gasteiger partial charge >= 0.3 is 0 Å². The van der Waals surface area contributed by atoms with Crippen LogP contribution in [-0.2, 0) is 24.0 Å². The number of allylic oxidation sites excluding steroid dienone is 8. The Morgan fingerprint density at radius 1 is 0.826 bits per heavy atom. The molecule has 2 amide bonds. The number of aliphatic carboxylic acids is 3. The Kier molecular flexibility index (Phi) is 24.0. The maximum atomic E-state index is 12.7. The van der Waals surface area contributed by atoms with Crippen LogP contribution in [0.15, 0.2) is 72.9 Å². The van der Waals surface area contributed by atoms with Gasteiger partial charge in [-0.3, -0.25) is 9.59 Å². The number of hydrogen-bond donors (Lipinski definition) is 5. The fraction of sp³-hybridized carbons (Fsp3) is 0.469. The molecule has 0 aliphatic heterocycles. The predicted molar refractivity (Wildman–Crippen MR) is 168 cm³/mol. The maximum Gasteiger partial charge on any atom is 0.243 e. The van der Waals surface area contributed by atoms with E-state index in [1.807, 2.05) is 19.1 Å². The SMILES string of the molecule is CC/C=C\C[C@H](O)/C=C/C=C\C=CC=C[C@H](SC[C@H](NC(=O)CC[C@H]([NH3+])C(=O)[O-])C(=O)NCC(=O)[O-])[C@H](O)C/C=C\CCC(=O)[O-]. The zero-order chi connectivity index (χ0) is 34.7. The second-order valence-corrected chi connectivity index (χ2v) is 11.2. The molecule has 46 heavy (non-hydrogen) atoms. The van der Waals surface area contributed by atoms with Crippen LogP contribution in [0, 0.1) is 0 Å². The van der Waals surface area contributed by atoms with Crippen molar-refractivity contribution >= 4 is 41.5 Å². The average Bonchev–Trinajstić information content (AvgIpc) is 3.00. The van der Waals surface area contributed by atoms with Crippen LogP contribution in [0.25, 0.3) is 0 Å². The quantitative estimate of drug-likeness (QED) is 0.0499. The van der Waals surface area contributed by atoms with Gasteiger partial charge < -0.3 is 56.3 Å². The van der Waals surface area contributed by atoms with Crippen LogP contribution in [-0.4, -0.2) is 81.8 Å². The summed E-state index contributed by atoms with van der Waals surface area (Å²) in [6, 6.07) is -2.38. The third kappa shape index (κ3) is 23.4. The van der Waals surface area contributed by atoms with Gasteiger partial charge in [0.15, 0.2) is 0 Å². The second kappa shape index (κ2) is 26.3. The normalized spacial score (nSPS) is 15.6. The molecule has 0 bridgehead atoms. The summed E-state index contributed by atoms with van der Waals surface area (Å²) in [5.41, 5.74) is 3.38.